The van der Waals surface area contributed by atoms with Gasteiger partial charge in [0.2, 0.25) is 0 Å². The van der Waals surface area contributed by atoms with Crippen LogP contribution in [0, 0.1) is 5.92 Å². The van der Waals surface area contributed by atoms with Gasteiger partial charge in [0.25, 0.3) is 0 Å². The topological polar surface area (TPSA) is 125 Å². The molecule has 0 spiro atoms. The Kier molecular flexibility index (Phi) is 11.8. The van der Waals surface area contributed by atoms with Crippen molar-refractivity contribution in [3.63, 3.8) is 0 Å². The SMILES string of the molecule is CC(NCC1CCCCC1)c1ccc(Oc2ccc3[nH]cnc3c2)cc1.O=C(O)C(F)(F)F.O=C(O)C(F)(F)F. The summed E-state index contributed by atoms with van der Waals surface area (Å²) in [6, 6.07) is 14.7. The highest BCUT2D eigenvalue weighted by Gasteiger charge is 2.38. The number of nitrogens with zero attached hydrogens (tertiary/aromatic N) is 1. The van der Waals surface area contributed by atoms with E-state index in [4.69, 9.17) is 24.5 Å². The number of imidazole rings is 1. The second-order valence-electron chi connectivity index (χ2n) is 8.99. The number of benzene rings is 2. The summed E-state index contributed by atoms with van der Waals surface area (Å²) in [6.45, 7) is 3.37. The summed E-state index contributed by atoms with van der Waals surface area (Å²) in [6.07, 6.45) is -1.49. The van der Waals surface area contributed by atoms with Crippen LogP contribution in [0.25, 0.3) is 11.0 Å². The summed E-state index contributed by atoms with van der Waals surface area (Å²) in [4.78, 5) is 25.2. The molecule has 14 heteroatoms. The number of aromatic amines is 1. The number of carbonyl (C=O) groups is 2. The molecule has 8 nitrogen and oxygen atoms in total. The Balaban J connectivity index is 0.000000333. The zero-order valence-electron chi connectivity index (χ0n) is 21.4. The third-order valence-corrected chi connectivity index (χ3v) is 5.93. The highest BCUT2D eigenvalue weighted by atomic mass is 19.4. The van der Waals surface area contributed by atoms with E-state index in [0.29, 0.717) is 6.04 Å². The van der Waals surface area contributed by atoms with Crippen LogP contribution in [0.2, 0.25) is 0 Å². The summed E-state index contributed by atoms with van der Waals surface area (Å²) in [5, 5.41) is 18.0. The molecular formula is C26H29F6N3O5. The standard InChI is InChI=1S/C22H27N3O.2C2HF3O2/c1-16(23-14-17-5-3-2-4-6-17)18-7-9-19(10-8-18)26-20-11-12-21-22(13-20)25-15-24-21;2*3-2(4,5)1(6)7/h7-13,15-17,23H,2-6,14H2,1H3,(H,24,25);2*(H,6,7). The van der Waals surface area contributed by atoms with Gasteiger partial charge in [0.1, 0.15) is 11.5 Å². The molecule has 1 heterocycles. The van der Waals surface area contributed by atoms with Crippen molar-refractivity contribution >= 4 is 23.0 Å². The number of aliphatic carboxylic acids is 2. The van der Waals surface area contributed by atoms with Crippen molar-refractivity contribution in [3.05, 3.63) is 54.4 Å². The van der Waals surface area contributed by atoms with E-state index in [1.165, 1.54) is 37.7 Å². The first-order valence-electron chi connectivity index (χ1n) is 12.2. The Morgan fingerprint density at radius 3 is 2.00 bits per heavy atom. The maximum atomic E-state index is 10.6. The Labute approximate surface area is 225 Å². The fourth-order valence-corrected chi connectivity index (χ4v) is 3.79. The minimum atomic E-state index is -5.08. The van der Waals surface area contributed by atoms with Crippen LogP contribution in [0.3, 0.4) is 0 Å². The molecule has 0 radical (unpaired) electrons. The summed E-state index contributed by atoms with van der Waals surface area (Å²) in [5.74, 6) is -3.00. The maximum Gasteiger partial charge on any atom is 0.490 e. The van der Waals surface area contributed by atoms with Crippen molar-refractivity contribution in [2.75, 3.05) is 6.54 Å². The van der Waals surface area contributed by atoms with Gasteiger partial charge in [-0.2, -0.15) is 26.3 Å². The van der Waals surface area contributed by atoms with Gasteiger partial charge in [-0.05, 0) is 62.1 Å². The van der Waals surface area contributed by atoms with E-state index in [0.717, 1.165) is 35.0 Å². The van der Waals surface area contributed by atoms with Gasteiger partial charge in [-0.25, -0.2) is 14.6 Å². The average Bonchev–Trinajstić information content (AvgIpc) is 3.36. The van der Waals surface area contributed by atoms with Crippen molar-refractivity contribution in [1.29, 1.82) is 0 Å². The lowest BCUT2D eigenvalue weighted by Gasteiger charge is -2.24. The third kappa shape index (κ3) is 11.1. The molecule has 2 aromatic carbocycles. The second-order valence-corrected chi connectivity index (χ2v) is 8.99. The van der Waals surface area contributed by atoms with E-state index in [9.17, 15) is 26.3 Å². The number of aromatic nitrogens is 2. The van der Waals surface area contributed by atoms with Gasteiger partial charge in [-0.15, -0.1) is 0 Å². The maximum absolute atomic E-state index is 10.6. The molecule has 1 unspecified atom stereocenters. The monoisotopic (exact) mass is 577 g/mol. The predicted octanol–water partition coefficient (Wildman–Crippen LogP) is 6.85. The van der Waals surface area contributed by atoms with Crippen LogP contribution >= 0.6 is 0 Å². The average molecular weight is 578 g/mol. The van der Waals surface area contributed by atoms with Gasteiger partial charge in [-0.3, -0.25) is 0 Å². The molecule has 1 aliphatic carbocycles. The smallest absolute Gasteiger partial charge is 0.475 e. The van der Waals surface area contributed by atoms with Crippen molar-refractivity contribution in [2.45, 2.75) is 57.4 Å². The lowest BCUT2D eigenvalue weighted by Crippen LogP contribution is -2.27. The lowest BCUT2D eigenvalue weighted by atomic mass is 9.89. The zero-order chi connectivity index (χ0) is 29.9. The molecule has 0 bridgehead atoms. The summed E-state index contributed by atoms with van der Waals surface area (Å²) in [5.41, 5.74) is 3.24. The minimum Gasteiger partial charge on any atom is -0.475 e. The van der Waals surface area contributed by atoms with Gasteiger partial charge in [0.05, 0.1) is 17.4 Å². The number of hydrogen-bond donors (Lipinski definition) is 4. The van der Waals surface area contributed by atoms with Gasteiger partial charge in [0, 0.05) is 12.1 Å². The Bertz CT molecular complexity index is 1200. The molecule has 4 N–H and O–H groups in total. The number of fused-ring (bicyclic) bond motifs is 1. The highest BCUT2D eigenvalue weighted by molar-refractivity contribution is 5.76. The van der Waals surface area contributed by atoms with E-state index in [-0.39, 0.29) is 0 Å². The molecule has 220 valence electrons. The number of carboxylic acid groups (broad SMARTS) is 2. The molecule has 0 amide bonds. The second kappa shape index (κ2) is 14.5. The molecule has 1 aliphatic rings. The zero-order valence-corrected chi connectivity index (χ0v) is 21.4. The van der Waals surface area contributed by atoms with Crippen molar-refractivity contribution in [3.8, 4) is 11.5 Å². The van der Waals surface area contributed by atoms with E-state index in [1.54, 1.807) is 6.33 Å². The molecule has 1 aromatic heterocycles. The molecule has 40 heavy (non-hydrogen) atoms. The molecule has 1 fully saturated rings. The van der Waals surface area contributed by atoms with Crippen LogP contribution in [0.5, 0.6) is 11.5 Å². The van der Waals surface area contributed by atoms with E-state index in [1.807, 2.05) is 30.3 Å². The first-order valence-corrected chi connectivity index (χ1v) is 12.2. The van der Waals surface area contributed by atoms with E-state index >= 15 is 0 Å². The lowest BCUT2D eigenvalue weighted by molar-refractivity contribution is -0.193. The first kappa shape index (κ1) is 32.4. The summed E-state index contributed by atoms with van der Waals surface area (Å²) in [7, 11) is 0. The molecule has 1 atom stereocenters. The van der Waals surface area contributed by atoms with Gasteiger partial charge < -0.3 is 25.3 Å². The number of halogens is 6. The Morgan fingerprint density at radius 1 is 0.950 bits per heavy atom. The number of alkyl halides is 6. The number of nitrogens with one attached hydrogen (secondary N) is 2. The quantitative estimate of drug-likeness (QED) is 0.236. The number of hydrogen-bond acceptors (Lipinski definition) is 5. The predicted molar refractivity (Wildman–Crippen MR) is 133 cm³/mol. The van der Waals surface area contributed by atoms with Gasteiger partial charge in [0.15, 0.2) is 0 Å². The number of rotatable bonds is 6. The highest BCUT2D eigenvalue weighted by Crippen LogP contribution is 2.27. The van der Waals surface area contributed by atoms with Gasteiger partial charge >= 0.3 is 24.3 Å². The fraction of sp³-hybridized carbons (Fsp3) is 0.423. The Morgan fingerprint density at radius 2 is 1.48 bits per heavy atom. The summed E-state index contributed by atoms with van der Waals surface area (Å²) < 4.78 is 69.4. The van der Waals surface area contributed by atoms with Crippen molar-refractivity contribution < 1.29 is 50.9 Å². The molecule has 1 saturated carbocycles. The normalized spacial score (nSPS) is 14.8. The first-order chi connectivity index (χ1) is 18.7. The van der Waals surface area contributed by atoms with Crippen LogP contribution in [-0.2, 0) is 9.59 Å². The van der Waals surface area contributed by atoms with Crippen LogP contribution in [0.15, 0.2) is 48.8 Å². The third-order valence-electron chi connectivity index (χ3n) is 5.93. The number of H-pyrrole nitrogens is 1. The largest absolute Gasteiger partial charge is 0.490 e. The number of ether oxygens (including phenoxy) is 1. The Hall–Kier alpha value is -3.81. The van der Waals surface area contributed by atoms with E-state index < -0.39 is 24.3 Å². The van der Waals surface area contributed by atoms with Crippen molar-refractivity contribution in [1.82, 2.24) is 15.3 Å². The molecule has 3 aromatic rings. The molecule has 4 rings (SSSR count). The van der Waals surface area contributed by atoms with Gasteiger partial charge in [-0.1, -0.05) is 31.4 Å². The van der Waals surface area contributed by atoms with Crippen molar-refractivity contribution in [2.24, 2.45) is 5.92 Å². The molecule has 0 saturated heterocycles. The van der Waals surface area contributed by atoms with Crippen LogP contribution in [-0.4, -0.2) is 51.0 Å². The number of carboxylic acids is 2. The van der Waals surface area contributed by atoms with Crippen LogP contribution < -0.4 is 10.1 Å². The summed E-state index contributed by atoms with van der Waals surface area (Å²) >= 11 is 0. The van der Waals surface area contributed by atoms with E-state index in [2.05, 4.69) is 34.3 Å². The van der Waals surface area contributed by atoms with Crippen LogP contribution in [0.1, 0.15) is 50.6 Å². The fourth-order valence-electron chi connectivity index (χ4n) is 3.79. The molecule has 0 aliphatic heterocycles. The molecular weight excluding hydrogens is 548 g/mol. The minimum absolute atomic E-state index is 0.367. The van der Waals surface area contributed by atoms with Crippen LogP contribution in [0.4, 0.5) is 26.3 Å².